The number of alkyl halides is 1. The number of aromatic nitrogens is 2. The molecule has 1 atom stereocenters. The lowest BCUT2D eigenvalue weighted by atomic mass is 10.2. The van der Waals surface area contributed by atoms with Crippen LogP contribution in [0.1, 0.15) is 20.3 Å². The summed E-state index contributed by atoms with van der Waals surface area (Å²) < 4.78 is 0. The van der Waals surface area contributed by atoms with Crippen molar-refractivity contribution < 1.29 is 0 Å². The second-order valence-electron chi connectivity index (χ2n) is 2.43. The molecule has 1 heterocycles. The Hall–Kier alpha value is -0.500. The second-order valence-corrected chi connectivity index (χ2v) is 2.74. The minimum Gasteiger partial charge on any atom is -0.351 e. The lowest BCUT2D eigenvalue weighted by Crippen LogP contribution is -1.90. The number of imidazole rings is 1. The maximum atomic E-state index is 5.45. The van der Waals surface area contributed by atoms with E-state index in [1.807, 2.05) is 0 Å². The molecular formula is C8H15ClN2. The van der Waals surface area contributed by atoms with Gasteiger partial charge in [0, 0.05) is 18.3 Å². The minimum atomic E-state index is 0.701. The first-order chi connectivity index (χ1) is 5.31. The van der Waals surface area contributed by atoms with Gasteiger partial charge in [0.05, 0.1) is 6.33 Å². The van der Waals surface area contributed by atoms with Gasteiger partial charge in [0.15, 0.2) is 0 Å². The van der Waals surface area contributed by atoms with Gasteiger partial charge < -0.3 is 4.98 Å². The van der Waals surface area contributed by atoms with Crippen LogP contribution in [0, 0.1) is 5.92 Å². The van der Waals surface area contributed by atoms with Crippen molar-refractivity contribution in [1.82, 2.24) is 9.97 Å². The standard InChI is InChI=1S/C5H11Cl.C3H4N2/c1-3-5(2)4-6;1-2-5-3-4-1/h5H,3-4H2,1-2H3;1-3H,(H,4,5). The summed E-state index contributed by atoms with van der Waals surface area (Å²) in [5.74, 6) is 1.50. The van der Waals surface area contributed by atoms with Crippen molar-refractivity contribution in [2.75, 3.05) is 5.88 Å². The first-order valence-electron chi connectivity index (χ1n) is 3.80. The van der Waals surface area contributed by atoms with E-state index in [-0.39, 0.29) is 0 Å². The van der Waals surface area contributed by atoms with Crippen molar-refractivity contribution in [3.8, 4) is 0 Å². The molecule has 64 valence electrons. The molecule has 0 aromatic carbocycles. The highest BCUT2D eigenvalue weighted by molar-refractivity contribution is 6.18. The highest BCUT2D eigenvalue weighted by Gasteiger charge is 1.90. The fraction of sp³-hybridized carbons (Fsp3) is 0.625. The summed E-state index contributed by atoms with van der Waals surface area (Å²) in [6.07, 6.45) is 6.28. The predicted molar refractivity (Wildman–Crippen MR) is 48.8 cm³/mol. The lowest BCUT2D eigenvalue weighted by Gasteiger charge is -1.97. The van der Waals surface area contributed by atoms with Gasteiger partial charge in [-0.05, 0) is 5.92 Å². The van der Waals surface area contributed by atoms with Gasteiger partial charge in [-0.1, -0.05) is 20.3 Å². The van der Waals surface area contributed by atoms with Crippen molar-refractivity contribution >= 4 is 11.6 Å². The summed E-state index contributed by atoms with van der Waals surface area (Å²) in [4.78, 5) is 6.42. The molecule has 0 aliphatic heterocycles. The summed E-state index contributed by atoms with van der Waals surface area (Å²) >= 11 is 5.45. The molecule has 0 saturated carbocycles. The molecule has 0 bridgehead atoms. The lowest BCUT2D eigenvalue weighted by molar-refractivity contribution is 0.633. The zero-order valence-electron chi connectivity index (χ0n) is 7.05. The SMILES string of the molecule is CCC(C)CCl.c1c[nH]cn1. The van der Waals surface area contributed by atoms with Crippen molar-refractivity contribution in [3.05, 3.63) is 18.7 Å². The van der Waals surface area contributed by atoms with Gasteiger partial charge >= 0.3 is 0 Å². The number of hydrogen-bond acceptors (Lipinski definition) is 1. The molecule has 0 spiro atoms. The highest BCUT2D eigenvalue weighted by atomic mass is 35.5. The van der Waals surface area contributed by atoms with E-state index in [0.717, 1.165) is 5.88 Å². The minimum absolute atomic E-state index is 0.701. The molecule has 2 nitrogen and oxygen atoms in total. The van der Waals surface area contributed by atoms with Crippen LogP contribution in [0.3, 0.4) is 0 Å². The van der Waals surface area contributed by atoms with Crippen LogP contribution in [0.2, 0.25) is 0 Å². The predicted octanol–water partition coefficient (Wildman–Crippen LogP) is 2.68. The first kappa shape index (κ1) is 10.5. The Labute approximate surface area is 73.0 Å². The van der Waals surface area contributed by atoms with Crippen LogP contribution in [0.4, 0.5) is 0 Å². The molecule has 0 saturated heterocycles. The summed E-state index contributed by atoms with van der Waals surface area (Å²) in [5.41, 5.74) is 0. The van der Waals surface area contributed by atoms with E-state index < -0.39 is 0 Å². The zero-order valence-corrected chi connectivity index (χ0v) is 7.80. The fourth-order valence-corrected chi connectivity index (χ4v) is 0.542. The van der Waals surface area contributed by atoms with Crippen molar-refractivity contribution in [2.45, 2.75) is 20.3 Å². The van der Waals surface area contributed by atoms with E-state index in [1.54, 1.807) is 18.7 Å². The van der Waals surface area contributed by atoms with Crippen molar-refractivity contribution in [2.24, 2.45) is 5.92 Å². The van der Waals surface area contributed by atoms with Crippen LogP contribution in [0.15, 0.2) is 18.7 Å². The van der Waals surface area contributed by atoms with E-state index in [0.29, 0.717) is 5.92 Å². The van der Waals surface area contributed by atoms with Crippen LogP contribution in [-0.4, -0.2) is 15.8 Å². The maximum absolute atomic E-state index is 5.45. The third-order valence-corrected chi connectivity index (χ3v) is 1.89. The molecule has 1 aromatic heterocycles. The van der Waals surface area contributed by atoms with Crippen LogP contribution in [0.5, 0.6) is 0 Å². The van der Waals surface area contributed by atoms with Crippen LogP contribution in [0.25, 0.3) is 0 Å². The van der Waals surface area contributed by atoms with Gasteiger partial charge in [0.2, 0.25) is 0 Å². The van der Waals surface area contributed by atoms with Crippen molar-refractivity contribution in [3.63, 3.8) is 0 Å². The van der Waals surface area contributed by atoms with Gasteiger partial charge in [0.25, 0.3) is 0 Å². The largest absolute Gasteiger partial charge is 0.351 e. The Bertz CT molecular complexity index is 119. The Balaban J connectivity index is 0.000000183. The normalized spacial score (nSPS) is 11.5. The number of nitrogens with zero attached hydrogens (tertiary/aromatic N) is 1. The molecule has 1 unspecified atom stereocenters. The van der Waals surface area contributed by atoms with Crippen LogP contribution in [-0.2, 0) is 0 Å². The molecule has 1 N–H and O–H groups in total. The second kappa shape index (κ2) is 7.61. The quantitative estimate of drug-likeness (QED) is 0.687. The Morgan fingerprint density at radius 3 is 2.45 bits per heavy atom. The Kier molecular flexibility index (Phi) is 7.26. The number of halogens is 1. The number of rotatable bonds is 2. The first-order valence-corrected chi connectivity index (χ1v) is 4.33. The van der Waals surface area contributed by atoms with Gasteiger partial charge in [-0.2, -0.15) is 0 Å². The summed E-state index contributed by atoms with van der Waals surface area (Å²) in [6, 6.07) is 0. The van der Waals surface area contributed by atoms with Crippen molar-refractivity contribution in [1.29, 1.82) is 0 Å². The zero-order chi connectivity index (χ0) is 8.53. The average molecular weight is 175 g/mol. The number of nitrogens with one attached hydrogen (secondary N) is 1. The van der Waals surface area contributed by atoms with E-state index >= 15 is 0 Å². The third kappa shape index (κ3) is 7.40. The summed E-state index contributed by atoms with van der Waals surface area (Å²) in [7, 11) is 0. The fourth-order valence-electron chi connectivity index (χ4n) is 0.324. The molecule has 0 fully saturated rings. The van der Waals surface area contributed by atoms with E-state index in [9.17, 15) is 0 Å². The molecule has 11 heavy (non-hydrogen) atoms. The third-order valence-electron chi connectivity index (χ3n) is 1.37. The molecule has 3 heteroatoms. The molecule has 0 amide bonds. The molecule has 0 aliphatic rings. The highest BCUT2D eigenvalue weighted by Crippen LogP contribution is 2.00. The van der Waals surface area contributed by atoms with E-state index in [4.69, 9.17) is 11.6 Å². The van der Waals surface area contributed by atoms with Gasteiger partial charge in [-0.25, -0.2) is 4.98 Å². The maximum Gasteiger partial charge on any atom is 0.0919 e. The molecule has 0 aliphatic carbocycles. The van der Waals surface area contributed by atoms with Crippen LogP contribution >= 0.6 is 11.6 Å². The monoisotopic (exact) mass is 174 g/mol. The van der Waals surface area contributed by atoms with Gasteiger partial charge in [0.1, 0.15) is 0 Å². The molecular weight excluding hydrogens is 160 g/mol. The molecule has 1 aromatic rings. The number of H-pyrrole nitrogens is 1. The Morgan fingerprint density at radius 1 is 1.64 bits per heavy atom. The Morgan fingerprint density at radius 2 is 2.36 bits per heavy atom. The van der Waals surface area contributed by atoms with E-state index in [1.165, 1.54) is 6.42 Å². The summed E-state index contributed by atoms with van der Waals surface area (Å²) in [6.45, 7) is 4.29. The van der Waals surface area contributed by atoms with Gasteiger partial charge in [-0.15, -0.1) is 11.6 Å². The summed E-state index contributed by atoms with van der Waals surface area (Å²) in [5, 5.41) is 0. The molecule has 0 radical (unpaired) electrons. The van der Waals surface area contributed by atoms with E-state index in [2.05, 4.69) is 23.8 Å². The number of hydrogen-bond donors (Lipinski definition) is 1. The van der Waals surface area contributed by atoms with Gasteiger partial charge in [-0.3, -0.25) is 0 Å². The average Bonchev–Trinajstić information content (AvgIpc) is 2.60. The number of aromatic amines is 1. The van der Waals surface area contributed by atoms with Crippen LogP contribution < -0.4 is 0 Å². The smallest absolute Gasteiger partial charge is 0.0919 e. The molecule has 1 rings (SSSR count). The topological polar surface area (TPSA) is 28.7 Å².